The van der Waals surface area contributed by atoms with Crippen molar-refractivity contribution in [2.75, 3.05) is 5.88 Å². The van der Waals surface area contributed by atoms with Crippen molar-refractivity contribution in [3.63, 3.8) is 0 Å². The molecule has 0 spiro atoms. The predicted octanol–water partition coefficient (Wildman–Crippen LogP) is 2.11. The van der Waals surface area contributed by atoms with E-state index in [0.29, 0.717) is 17.5 Å². The van der Waals surface area contributed by atoms with E-state index in [4.69, 9.17) is 11.6 Å². The zero-order chi connectivity index (χ0) is 11.7. The Labute approximate surface area is 99.0 Å². The Morgan fingerprint density at radius 2 is 1.69 bits per heavy atom. The number of amides is 2. The van der Waals surface area contributed by atoms with Gasteiger partial charge in [-0.25, -0.2) is 0 Å². The minimum absolute atomic E-state index is 0.217. The van der Waals surface area contributed by atoms with Gasteiger partial charge in [0.25, 0.3) is 11.8 Å². The lowest BCUT2D eigenvalue weighted by molar-refractivity contribution is 0.0600. The molecule has 1 radical (unpaired) electrons. The van der Waals surface area contributed by atoms with Gasteiger partial charge in [-0.05, 0) is 18.6 Å². The Morgan fingerprint density at radius 3 is 2.06 bits per heavy atom. The lowest BCUT2D eigenvalue weighted by atomic mass is 10.1. The first-order valence-corrected chi connectivity index (χ1v) is 5.56. The fraction of sp³-hybridized carbons (Fsp3) is 0.250. The first-order chi connectivity index (χ1) is 7.70. The summed E-state index contributed by atoms with van der Waals surface area (Å²) in [4.78, 5) is 25.2. The second-order valence-corrected chi connectivity index (χ2v) is 3.93. The number of nitrogens with zero attached hydrogens (tertiary/aromatic N) is 1. The third-order valence-corrected chi connectivity index (χ3v) is 3.06. The minimum atomic E-state index is -0.325. The minimum Gasteiger partial charge on any atom is -0.270 e. The Bertz CT molecular complexity index is 405. The Kier molecular flexibility index (Phi) is 2.97. The SMILES string of the molecule is [CH2]CC(CCl)N1C(=O)c2ccccc2C1=O. The highest BCUT2D eigenvalue weighted by atomic mass is 35.5. The molecule has 0 saturated carbocycles. The van der Waals surface area contributed by atoms with Crippen LogP contribution in [0.4, 0.5) is 0 Å². The molecule has 4 heteroatoms. The van der Waals surface area contributed by atoms with Crippen molar-refractivity contribution in [1.82, 2.24) is 4.90 Å². The smallest absolute Gasteiger partial charge is 0.261 e. The highest BCUT2D eigenvalue weighted by Crippen LogP contribution is 2.25. The van der Waals surface area contributed by atoms with Crippen molar-refractivity contribution in [3.8, 4) is 0 Å². The van der Waals surface area contributed by atoms with Gasteiger partial charge in [0.05, 0.1) is 17.2 Å². The van der Waals surface area contributed by atoms with Crippen LogP contribution in [0.25, 0.3) is 0 Å². The highest BCUT2D eigenvalue weighted by Gasteiger charge is 2.38. The molecule has 2 rings (SSSR count). The van der Waals surface area contributed by atoms with Gasteiger partial charge in [-0.15, -0.1) is 11.6 Å². The first-order valence-electron chi connectivity index (χ1n) is 5.02. The van der Waals surface area contributed by atoms with Gasteiger partial charge in [-0.3, -0.25) is 14.5 Å². The molecule has 0 aliphatic carbocycles. The van der Waals surface area contributed by atoms with Gasteiger partial charge in [-0.1, -0.05) is 19.1 Å². The van der Waals surface area contributed by atoms with Crippen LogP contribution in [0.5, 0.6) is 0 Å². The summed E-state index contributed by atoms with van der Waals surface area (Å²) in [6.07, 6.45) is 0.426. The largest absolute Gasteiger partial charge is 0.270 e. The second-order valence-electron chi connectivity index (χ2n) is 3.62. The molecular weight excluding hydrogens is 226 g/mol. The van der Waals surface area contributed by atoms with E-state index in [-0.39, 0.29) is 23.7 Å². The molecule has 0 fully saturated rings. The standard InChI is InChI=1S/C12H11ClNO2/c1-2-8(7-13)14-11(15)9-5-3-4-6-10(9)12(14)16/h3-6,8H,1-2,7H2. The molecule has 16 heavy (non-hydrogen) atoms. The van der Waals surface area contributed by atoms with Gasteiger partial charge in [0.2, 0.25) is 0 Å². The van der Waals surface area contributed by atoms with E-state index >= 15 is 0 Å². The molecule has 1 aromatic rings. The van der Waals surface area contributed by atoms with Crippen LogP contribution in [0.15, 0.2) is 24.3 Å². The van der Waals surface area contributed by atoms with Gasteiger partial charge >= 0.3 is 0 Å². The zero-order valence-electron chi connectivity index (χ0n) is 8.65. The molecule has 2 amide bonds. The number of rotatable bonds is 3. The molecule has 1 aliphatic heterocycles. The predicted molar refractivity (Wildman–Crippen MR) is 61.4 cm³/mol. The van der Waals surface area contributed by atoms with E-state index in [9.17, 15) is 9.59 Å². The van der Waals surface area contributed by atoms with Crippen LogP contribution in [-0.2, 0) is 0 Å². The molecule has 1 aliphatic rings. The summed E-state index contributed by atoms with van der Waals surface area (Å²) in [6.45, 7) is 3.70. The van der Waals surface area contributed by atoms with Crippen LogP contribution in [0.1, 0.15) is 27.1 Å². The Balaban J connectivity index is 2.42. The van der Waals surface area contributed by atoms with Gasteiger partial charge < -0.3 is 0 Å². The lowest BCUT2D eigenvalue weighted by Gasteiger charge is -2.22. The molecule has 1 atom stereocenters. The molecule has 1 aromatic carbocycles. The number of benzene rings is 1. The number of imide groups is 1. The number of hydrogen-bond acceptors (Lipinski definition) is 2. The second kappa shape index (κ2) is 4.26. The third-order valence-electron chi connectivity index (χ3n) is 2.70. The first kappa shape index (κ1) is 11.1. The fourth-order valence-corrected chi connectivity index (χ4v) is 2.11. The van der Waals surface area contributed by atoms with Gasteiger partial charge in [0.1, 0.15) is 0 Å². The molecule has 1 unspecified atom stereocenters. The maximum atomic E-state index is 12.0. The number of carbonyl (C=O) groups excluding carboxylic acids is 2. The molecule has 0 bridgehead atoms. The van der Waals surface area contributed by atoms with Gasteiger partial charge in [0.15, 0.2) is 0 Å². The summed E-state index contributed by atoms with van der Waals surface area (Å²) < 4.78 is 0. The van der Waals surface area contributed by atoms with E-state index in [1.54, 1.807) is 24.3 Å². The van der Waals surface area contributed by atoms with Crippen LogP contribution in [-0.4, -0.2) is 28.6 Å². The fourth-order valence-electron chi connectivity index (χ4n) is 1.81. The number of hydrogen-bond donors (Lipinski definition) is 0. The van der Waals surface area contributed by atoms with E-state index < -0.39 is 0 Å². The number of alkyl halides is 1. The highest BCUT2D eigenvalue weighted by molar-refractivity contribution is 6.23. The molecule has 0 aromatic heterocycles. The van der Waals surface area contributed by atoms with Crippen LogP contribution in [0.3, 0.4) is 0 Å². The lowest BCUT2D eigenvalue weighted by Crippen LogP contribution is -2.40. The monoisotopic (exact) mass is 236 g/mol. The summed E-state index contributed by atoms with van der Waals surface area (Å²) in [5, 5.41) is 0. The Hall–Kier alpha value is -1.35. The summed E-state index contributed by atoms with van der Waals surface area (Å²) >= 11 is 5.74. The van der Waals surface area contributed by atoms with E-state index in [1.165, 1.54) is 4.90 Å². The van der Waals surface area contributed by atoms with Crippen molar-refractivity contribution in [2.24, 2.45) is 0 Å². The van der Waals surface area contributed by atoms with E-state index in [0.717, 1.165) is 0 Å². The third kappa shape index (κ3) is 1.52. The van der Waals surface area contributed by atoms with Crippen LogP contribution in [0, 0.1) is 6.92 Å². The zero-order valence-corrected chi connectivity index (χ0v) is 9.41. The number of fused-ring (bicyclic) bond motifs is 1. The molecule has 0 saturated heterocycles. The molecule has 83 valence electrons. The quantitative estimate of drug-likeness (QED) is 0.596. The van der Waals surface area contributed by atoms with Crippen molar-refractivity contribution in [1.29, 1.82) is 0 Å². The van der Waals surface area contributed by atoms with Crippen LogP contribution >= 0.6 is 11.6 Å². The van der Waals surface area contributed by atoms with Crippen molar-refractivity contribution < 1.29 is 9.59 Å². The Morgan fingerprint density at radius 1 is 1.19 bits per heavy atom. The topological polar surface area (TPSA) is 37.4 Å². The van der Waals surface area contributed by atoms with E-state index in [1.807, 2.05) is 0 Å². The molecule has 1 heterocycles. The van der Waals surface area contributed by atoms with Crippen LogP contribution in [0.2, 0.25) is 0 Å². The maximum absolute atomic E-state index is 12.0. The normalized spacial score (nSPS) is 16.5. The summed E-state index contributed by atoms with van der Waals surface area (Å²) in [6, 6.07) is 6.48. The molecule has 3 nitrogen and oxygen atoms in total. The van der Waals surface area contributed by atoms with Crippen LogP contribution < -0.4 is 0 Å². The summed E-state index contributed by atoms with van der Waals surface area (Å²) in [5.41, 5.74) is 0.909. The average Bonchev–Trinajstić information content (AvgIpc) is 2.57. The van der Waals surface area contributed by atoms with E-state index in [2.05, 4.69) is 6.92 Å². The maximum Gasteiger partial charge on any atom is 0.261 e. The average molecular weight is 237 g/mol. The van der Waals surface area contributed by atoms with Crippen molar-refractivity contribution >= 4 is 23.4 Å². The number of carbonyl (C=O) groups is 2. The summed E-state index contributed by atoms with van der Waals surface area (Å²) in [7, 11) is 0. The van der Waals surface area contributed by atoms with Crippen molar-refractivity contribution in [3.05, 3.63) is 42.3 Å². The van der Waals surface area contributed by atoms with Crippen molar-refractivity contribution in [2.45, 2.75) is 12.5 Å². The summed E-state index contributed by atoms with van der Waals surface area (Å²) in [5.74, 6) is -0.320. The number of halogens is 1. The molecular formula is C12H11ClNO2. The van der Waals surface area contributed by atoms with Gasteiger partial charge in [0, 0.05) is 5.88 Å². The molecule has 0 N–H and O–H groups in total. The van der Waals surface area contributed by atoms with Gasteiger partial charge in [-0.2, -0.15) is 0 Å².